The highest BCUT2D eigenvalue weighted by molar-refractivity contribution is 5.56. The van der Waals surface area contributed by atoms with Gasteiger partial charge in [0.05, 0.1) is 37.6 Å². The minimum atomic E-state index is 0.237. The van der Waals surface area contributed by atoms with Crippen molar-refractivity contribution in [3.05, 3.63) is 46.5 Å². The van der Waals surface area contributed by atoms with Crippen molar-refractivity contribution >= 4 is 0 Å². The lowest BCUT2D eigenvalue weighted by molar-refractivity contribution is 0.0639. The van der Waals surface area contributed by atoms with Crippen LogP contribution in [0.15, 0.2) is 24.3 Å². The Morgan fingerprint density at radius 2 is 0.720 bits per heavy atom. The van der Waals surface area contributed by atoms with Gasteiger partial charge in [0.1, 0.15) is 38.6 Å². The summed E-state index contributed by atoms with van der Waals surface area (Å²) in [7, 11) is 0. The monoisotopic (exact) mass is 690 g/mol. The van der Waals surface area contributed by atoms with Crippen LogP contribution in [-0.4, -0.2) is 52.9 Å². The van der Waals surface area contributed by atoms with Gasteiger partial charge in [0.25, 0.3) is 0 Å². The maximum atomic E-state index is 9.46. The Hall–Kier alpha value is -3.46. The van der Waals surface area contributed by atoms with Crippen LogP contribution in [0.25, 0.3) is 0 Å². The number of hydrogen-bond acceptors (Lipinski definition) is 8. The van der Waals surface area contributed by atoms with Gasteiger partial charge in [0, 0.05) is 12.1 Å². The normalized spacial score (nSPS) is 14.2. The Balaban J connectivity index is 1.65. The van der Waals surface area contributed by atoms with Crippen molar-refractivity contribution < 1.29 is 28.4 Å². The van der Waals surface area contributed by atoms with E-state index in [1.54, 1.807) is 0 Å². The van der Waals surface area contributed by atoms with Gasteiger partial charge in [-0.05, 0) is 48.9 Å². The summed E-state index contributed by atoms with van der Waals surface area (Å²) in [6.07, 6.45) is 23.0. The molecule has 1 aliphatic rings. The predicted octanol–water partition coefficient (Wildman–Crippen LogP) is 10.1. The molecule has 8 heteroatoms. The molecule has 0 aliphatic carbocycles. The number of rotatable bonds is 18. The fraction of sp³-hybridized carbons (Fsp3) is 0.667. The molecule has 0 saturated carbocycles. The van der Waals surface area contributed by atoms with E-state index >= 15 is 0 Å². The van der Waals surface area contributed by atoms with E-state index in [0.29, 0.717) is 51.1 Å². The summed E-state index contributed by atoms with van der Waals surface area (Å²) < 4.78 is 36.0. The van der Waals surface area contributed by atoms with Crippen LogP contribution in [0.2, 0.25) is 0 Å². The van der Waals surface area contributed by atoms with Gasteiger partial charge in [-0.3, -0.25) is 0 Å². The number of hydrogen-bond donors (Lipinski definition) is 0. The van der Waals surface area contributed by atoms with E-state index in [9.17, 15) is 10.5 Å². The third-order valence-electron chi connectivity index (χ3n) is 9.13. The lowest BCUT2D eigenvalue weighted by atomic mass is 9.95. The van der Waals surface area contributed by atoms with Crippen molar-refractivity contribution in [2.45, 2.75) is 129 Å². The number of aryl methyl sites for hydroxylation is 2. The first kappa shape index (κ1) is 41.0. The standard InChI is InChI=1S/C42H62N2O6/c1-3-5-7-9-11-13-15-17-19-35-29-39-40(30-36(35)20-18-16-14-12-10-8-6-4-2)48-26-22-46-24-28-50-42-32-38(34-44)37(33-43)31-41(42)49-27-23-45-21-25-47-39/h29-32H,3-28H2,1-2H3. The molecule has 2 aromatic rings. The molecule has 0 fully saturated rings. The number of fused-ring (bicyclic) bond motifs is 2. The first-order chi connectivity index (χ1) is 24.7. The Kier molecular flexibility index (Phi) is 21.6. The zero-order valence-corrected chi connectivity index (χ0v) is 31.0. The first-order valence-electron chi connectivity index (χ1n) is 19.5. The minimum Gasteiger partial charge on any atom is -0.487 e. The Morgan fingerprint density at radius 1 is 0.420 bits per heavy atom. The average molecular weight is 691 g/mol. The largest absolute Gasteiger partial charge is 0.487 e. The number of nitriles is 2. The van der Waals surface area contributed by atoms with Crippen LogP contribution in [0.4, 0.5) is 0 Å². The van der Waals surface area contributed by atoms with Crippen molar-refractivity contribution in [1.82, 2.24) is 0 Å². The highest BCUT2D eigenvalue weighted by Crippen LogP contribution is 2.34. The third-order valence-corrected chi connectivity index (χ3v) is 9.13. The molecule has 0 atom stereocenters. The summed E-state index contributed by atoms with van der Waals surface area (Å²) in [6.45, 7) is 7.26. The Labute approximate surface area is 302 Å². The fourth-order valence-corrected chi connectivity index (χ4v) is 6.25. The second kappa shape index (κ2) is 26.4. The Morgan fingerprint density at radius 3 is 1.04 bits per heavy atom. The van der Waals surface area contributed by atoms with Gasteiger partial charge in [-0.15, -0.1) is 0 Å². The van der Waals surface area contributed by atoms with Gasteiger partial charge in [-0.25, -0.2) is 0 Å². The number of benzene rings is 2. The molecule has 276 valence electrons. The van der Waals surface area contributed by atoms with Crippen molar-refractivity contribution in [2.24, 2.45) is 0 Å². The molecular formula is C42H62N2O6. The number of unbranched alkanes of at least 4 members (excludes halogenated alkanes) is 14. The van der Waals surface area contributed by atoms with Gasteiger partial charge < -0.3 is 28.4 Å². The smallest absolute Gasteiger partial charge is 0.162 e. The van der Waals surface area contributed by atoms with Crippen LogP contribution in [0.1, 0.15) is 139 Å². The predicted molar refractivity (Wildman–Crippen MR) is 199 cm³/mol. The van der Waals surface area contributed by atoms with E-state index in [-0.39, 0.29) is 24.3 Å². The molecule has 0 spiro atoms. The fourth-order valence-electron chi connectivity index (χ4n) is 6.25. The molecule has 1 heterocycles. The minimum absolute atomic E-state index is 0.237. The summed E-state index contributed by atoms with van der Waals surface area (Å²) in [4.78, 5) is 0. The van der Waals surface area contributed by atoms with Crippen molar-refractivity contribution in [1.29, 1.82) is 10.5 Å². The molecule has 2 aromatic carbocycles. The lowest BCUT2D eigenvalue weighted by Crippen LogP contribution is -2.16. The van der Waals surface area contributed by atoms with E-state index < -0.39 is 0 Å². The quantitative estimate of drug-likeness (QED) is 0.142. The van der Waals surface area contributed by atoms with Crippen LogP contribution in [0.5, 0.6) is 23.0 Å². The summed E-state index contributed by atoms with van der Waals surface area (Å²) in [5.41, 5.74) is 3.23. The molecule has 0 N–H and O–H groups in total. The second-order valence-corrected chi connectivity index (χ2v) is 13.2. The molecule has 0 aromatic heterocycles. The average Bonchev–Trinajstić information content (AvgIpc) is 3.13. The molecule has 8 nitrogen and oxygen atoms in total. The summed E-state index contributed by atoms with van der Waals surface area (Å²) in [5, 5.41) is 18.9. The molecule has 50 heavy (non-hydrogen) atoms. The molecule has 0 saturated heterocycles. The summed E-state index contributed by atoms with van der Waals surface area (Å²) in [5.74, 6) is 2.31. The SMILES string of the molecule is CCCCCCCCCCc1cc2c(cc1CCCCCCCCCC)OCCOCCOc1cc(C#N)c(C#N)cc1OCCOCCO2. The van der Waals surface area contributed by atoms with E-state index in [0.717, 1.165) is 24.3 Å². The van der Waals surface area contributed by atoms with Crippen molar-refractivity contribution in [2.75, 3.05) is 52.9 Å². The topological polar surface area (TPSA) is 103 Å². The molecule has 0 unspecified atom stereocenters. The number of nitrogens with zero attached hydrogens (tertiary/aromatic N) is 2. The van der Waals surface area contributed by atoms with Crippen molar-refractivity contribution in [3.63, 3.8) is 0 Å². The van der Waals surface area contributed by atoms with E-state index in [1.165, 1.54) is 126 Å². The summed E-state index contributed by atoms with van der Waals surface area (Å²) in [6, 6.07) is 11.6. The highest BCUT2D eigenvalue weighted by atomic mass is 16.6. The summed E-state index contributed by atoms with van der Waals surface area (Å²) >= 11 is 0. The molecule has 1 aliphatic heterocycles. The van der Waals surface area contributed by atoms with E-state index in [2.05, 4.69) is 26.0 Å². The second-order valence-electron chi connectivity index (χ2n) is 13.2. The van der Waals surface area contributed by atoms with Gasteiger partial charge >= 0.3 is 0 Å². The van der Waals surface area contributed by atoms with Crippen LogP contribution in [0, 0.1) is 22.7 Å². The van der Waals surface area contributed by atoms with Crippen LogP contribution < -0.4 is 18.9 Å². The third kappa shape index (κ3) is 16.0. The molecule has 0 amide bonds. The van der Waals surface area contributed by atoms with Crippen LogP contribution in [0.3, 0.4) is 0 Å². The van der Waals surface area contributed by atoms with Crippen molar-refractivity contribution in [3.8, 4) is 35.1 Å². The van der Waals surface area contributed by atoms with E-state index in [1.807, 2.05) is 12.1 Å². The van der Waals surface area contributed by atoms with Gasteiger partial charge in [-0.1, -0.05) is 104 Å². The maximum absolute atomic E-state index is 9.46. The van der Waals surface area contributed by atoms with Crippen LogP contribution in [-0.2, 0) is 22.3 Å². The maximum Gasteiger partial charge on any atom is 0.162 e. The zero-order valence-electron chi connectivity index (χ0n) is 31.0. The Bertz CT molecular complexity index is 1200. The molecule has 0 bridgehead atoms. The molecular weight excluding hydrogens is 628 g/mol. The number of ether oxygens (including phenoxy) is 6. The highest BCUT2D eigenvalue weighted by Gasteiger charge is 2.15. The van der Waals surface area contributed by atoms with Gasteiger partial charge in [0.2, 0.25) is 0 Å². The lowest BCUT2D eigenvalue weighted by Gasteiger charge is -2.19. The molecule has 3 rings (SSSR count). The van der Waals surface area contributed by atoms with Gasteiger partial charge in [0.15, 0.2) is 23.0 Å². The zero-order chi connectivity index (χ0) is 35.5. The first-order valence-corrected chi connectivity index (χ1v) is 19.5. The van der Waals surface area contributed by atoms with Gasteiger partial charge in [-0.2, -0.15) is 10.5 Å². The molecule has 0 radical (unpaired) electrons. The van der Waals surface area contributed by atoms with E-state index in [4.69, 9.17) is 28.4 Å². The van der Waals surface area contributed by atoms with Crippen LogP contribution >= 0.6 is 0 Å².